The van der Waals surface area contributed by atoms with Crippen molar-refractivity contribution in [2.45, 2.75) is 38.6 Å². The normalized spacial score (nSPS) is 17.8. The second-order valence-electron chi connectivity index (χ2n) is 3.85. The van der Waals surface area contributed by atoms with Gasteiger partial charge in [-0.3, -0.25) is 4.79 Å². The van der Waals surface area contributed by atoms with Crippen molar-refractivity contribution in [3.63, 3.8) is 0 Å². The van der Waals surface area contributed by atoms with Crippen LogP contribution in [0.3, 0.4) is 0 Å². The Morgan fingerprint density at radius 1 is 1.58 bits per heavy atom. The van der Waals surface area contributed by atoms with Gasteiger partial charge in [0, 0.05) is 5.92 Å². The van der Waals surface area contributed by atoms with Crippen molar-refractivity contribution in [1.82, 2.24) is 5.32 Å². The Hall–Kier alpha value is -1.04. The zero-order valence-corrected chi connectivity index (χ0v) is 7.55. The first kappa shape index (κ1) is 9.05. The van der Waals surface area contributed by atoms with Crippen LogP contribution in [0.1, 0.15) is 33.1 Å². The van der Waals surface area contributed by atoms with Crippen LogP contribution in [0.5, 0.6) is 0 Å². The zero-order valence-electron chi connectivity index (χ0n) is 7.55. The Kier molecular flexibility index (Phi) is 2.37. The molecule has 3 nitrogen and oxygen atoms in total. The Morgan fingerprint density at radius 2 is 2.17 bits per heavy atom. The first-order chi connectivity index (χ1) is 5.55. The van der Waals surface area contributed by atoms with Gasteiger partial charge in [0.05, 0.1) is 6.07 Å². The maximum atomic E-state index is 11.3. The molecule has 0 aromatic rings. The van der Waals surface area contributed by atoms with E-state index >= 15 is 0 Å². The lowest BCUT2D eigenvalue weighted by Gasteiger charge is -2.27. The third kappa shape index (κ3) is 1.97. The van der Waals surface area contributed by atoms with Gasteiger partial charge in [0.2, 0.25) is 5.91 Å². The SMILES string of the molecule is CC(C)(C#N)NC(=O)C1CCC1. The summed E-state index contributed by atoms with van der Waals surface area (Å²) in [5.74, 6) is 0.199. The highest BCUT2D eigenvalue weighted by atomic mass is 16.2. The summed E-state index contributed by atoms with van der Waals surface area (Å²) in [6.07, 6.45) is 3.10. The predicted octanol–water partition coefficient (Wildman–Crippen LogP) is 1.20. The molecule has 1 aliphatic carbocycles. The van der Waals surface area contributed by atoms with E-state index in [0.29, 0.717) is 0 Å². The van der Waals surface area contributed by atoms with E-state index in [2.05, 4.69) is 5.32 Å². The molecule has 3 heteroatoms. The lowest BCUT2D eigenvalue weighted by Crippen LogP contribution is -2.46. The minimum Gasteiger partial charge on any atom is -0.338 e. The van der Waals surface area contributed by atoms with Crippen molar-refractivity contribution in [2.75, 3.05) is 0 Å². The van der Waals surface area contributed by atoms with Crippen LogP contribution in [-0.2, 0) is 4.79 Å². The Morgan fingerprint density at radius 3 is 2.50 bits per heavy atom. The second kappa shape index (κ2) is 3.14. The fourth-order valence-electron chi connectivity index (χ4n) is 1.11. The van der Waals surface area contributed by atoms with Crippen molar-refractivity contribution in [1.29, 1.82) is 5.26 Å². The largest absolute Gasteiger partial charge is 0.338 e. The van der Waals surface area contributed by atoms with Gasteiger partial charge in [0.15, 0.2) is 0 Å². The Bertz CT molecular complexity index is 223. The van der Waals surface area contributed by atoms with Gasteiger partial charge in [0.1, 0.15) is 5.54 Å². The number of nitriles is 1. The van der Waals surface area contributed by atoms with Crippen LogP contribution in [0.25, 0.3) is 0 Å². The molecule has 1 fully saturated rings. The first-order valence-corrected chi connectivity index (χ1v) is 4.28. The minimum atomic E-state index is -0.716. The number of carbonyl (C=O) groups is 1. The summed E-state index contributed by atoms with van der Waals surface area (Å²) in [6.45, 7) is 3.42. The molecule has 12 heavy (non-hydrogen) atoms. The fourth-order valence-corrected chi connectivity index (χ4v) is 1.11. The van der Waals surface area contributed by atoms with Crippen molar-refractivity contribution in [3.8, 4) is 6.07 Å². The maximum Gasteiger partial charge on any atom is 0.224 e. The van der Waals surface area contributed by atoms with Crippen molar-refractivity contribution in [2.24, 2.45) is 5.92 Å². The molecule has 1 amide bonds. The summed E-state index contributed by atoms with van der Waals surface area (Å²) in [5, 5.41) is 11.4. The lowest BCUT2D eigenvalue weighted by molar-refractivity contribution is -0.128. The van der Waals surface area contributed by atoms with Gasteiger partial charge >= 0.3 is 0 Å². The van der Waals surface area contributed by atoms with Crippen molar-refractivity contribution >= 4 is 5.91 Å². The summed E-state index contributed by atoms with van der Waals surface area (Å²) in [5.41, 5.74) is -0.716. The lowest BCUT2D eigenvalue weighted by atomic mass is 9.84. The molecule has 0 unspecified atom stereocenters. The number of hydrogen-bond acceptors (Lipinski definition) is 2. The van der Waals surface area contributed by atoms with E-state index in [1.165, 1.54) is 0 Å². The molecule has 66 valence electrons. The quantitative estimate of drug-likeness (QED) is 0.670. The van der Waals surface area contributed by atoms with Gasteiger partial charge in [0.25, 0.3) is 0 Å². The average molecular weight is 166 g/mol. The number of carbonyl (C=O) groups excluding carboxylic acids is 1. The van der Waals surface area contributed by atoms with Gasteiger partial charge in [-0.2, -0.15) is 5.26 Å². The number of amides is 1. The summed E-state index contributed by atoms with van der Waals surface area (Å²) >= 11 is 0. The van der Waals surface area contributed by atoms with Crippen LogP contribution in [0.4, 0.5) is 0 Å². The van der Waals surface area contributed by atoms with E-state index in [4.69, 9.17) is 5.26 Å². The maximum absolute atomic E-state index is 11.3. The summed E-state index contributed by atoms with van der Waals surface area (Å²) in [4.78, 5) is 11.3. The van der Waals surface area contributed by atoms with Crippen LogP contribution in [0.2, 0.25) is 0 Å². The Balaban J connectivity index is 2.40. The average Bonchev–Trinajstić information content (AvgIpc) is 1.82. The van der Waals surface area contributed by atoms with E-state index in [0.717, 1.165) is 19.3 Å². The number of nitrogens with one attached hydrogen (secondary N) is 1. The highest BCUT2D eigenvalue weighted by molar-refractivity contribution is 5.80. The molecule has 0 bridgehead atoms. The molecule has 0 aromatic carbocycles. The fraction of sp³-hybridized carbons (Fsp3) is 0.778. The number of rotatable bonds is 2. The van der Waals surface area contributed by atoms with Gasteiger partial charge in [-0.25, -0.2) is 0 Å². The van der Waals surface area contributed by atoms with Crippen LogP contribution < -0.4 is 5.32 Å². The van der Waals surface area contributed by atoms with Crippen LogP contribution in [0.15, 0.2) is 0 Å². The van der Waals surface area contributed by atoms with Gasteiger partial charge < -0.3 is 5.32 Å². The van der Waals surface area contributed by atoms with Gasteiger partial charge in [-0.1, -0.05) is 6.42 Å². The molecule has 1 rings (SSSR count). The standard InChI is InChI=1S/C9H14N2O/c1-9(2,6-10)11-8(12)7-4-3-5-7/h7H,3-5H2,1-2H3,(H,11,12). The molecular formula is C9H14N2O. The number of hydrogen-bond donors (Lipinski definition) is 1. The Labute approximate surface area is 72.8 Å². The highest BCUT2D eigenvalue weighted by Crippen LogP contribution is 2.26. The van der Waals surface area contributed by atoms with E-state index < -0.39 is 5.54 Å². The monoisotopic (exact) mass is 166 g/mol. The van der Waals surface area contributed by atoms with E-state index in [1.807, 2.05) is 6.07 Å². The first-order valence-electron chi connectivity index (χ1n) is 4.28. The van der Waals surface area contributed by atoms with Crippen molar-refractivity contribution < 1.29 is 4.79 Å². The van der Waals surface area contributed by atoms with Crippen molar-refractivity contribution in [3.05, 3.63) is 0 Å². The third-order valence-electron chi connectivity index (χ3n) is 2.19. The molecule has 0 aliphatic heterocycles. The number of nitrogens with zero attached hydrogens (tertiary/aromatic N) is 1. The molecule has 1 saturated carbocycles. The third-order valence-corrected chi connectivity index (χ3v) is 2.19. The molecular weight excluding hydrogens is 152 g/mol. The summed E-state index contributed by atoms with van der Waals surface area (Å²) < 4.78 is 0. The van der Waals surface area contributed by atoms with E-state index in [1.54, 1.807) is 13.8 Å². The topological polar surface area (TPSA) is 52.9 Å². The van der Waals surface area contributed by atoms with Gasteiger partial charge in [-0.15, -0.1) is 0 Å². The van der Waals surface area contributed by atoms with E-state index in [9.17, 15) is 4.79 Å². The second-order valence-corrected chi connectivity index (χ2v) is 3.85. The molecule has 0 radical (unpaired) electrons. The smallest absolute Gasteiger partial charge is 0.224 e. The summed E-state index contributed by atoms with van der Waals surface area (Å²) in [6, 6.07) is 2.04. The molecule has 1 N–H and O–H groups in total. The highest BCUT2D eigenvalue weighted by Gasteiger charge is 2.29. The molecule has 0 aromatic heterocycles. The molecule has 0 saturated heterocycles. The van der Waals surface area contributed by atoms with E-state index in [-0.39, 0.29) is 11.8 Å². The zero-order chi connectivity index (χ0) is 9.19. The molecule has 0 spiro atoms. The van der Waals surface area contributed by atoms with Crippen LogP contribution in [-0.4, -0.2) is 11.4 Å². The molecule has 1 aliphatic rings. The van der Waals surface area contributed by atoms with Crippen LogP contribution >= 0.6 is 0 Å². The van der Waals surface area contributed by atoms with Gasteiger partial charge in [-0.05, 0) is 26.7 Å². The van der Waals surface area contributed by atoms with Crippen LogP contribution in [0, 0.1) is 17.2 Å². The summed E-state index contributed by atoms with van der Waals surface area (Å²) in [7, 11) is 0. The molecule has 0 heterocycles. The molecule has 0 atom stereocenters. The predicted molar refractivity (Wildman–Crippen MR) is 45.2 cm³/mol. The minimum absolute atomic E-state index is 0.0350.